The van der Waals surface area contributed by atoms with Gasteiger partial charge < -0.3 is 5.32 Å². The van der Waals surface area contributed by atoms with E-state index in [9.17, 15) is 4.79 Å². The number of rotatable bonds is 2. The molecule has 5 heteroatoms. The zero-order valence-electron chi connectivity index (χ0n) is 12.7. The molecule has 0 saturated heterocycles. The molecule has 0 atom stereocenters. The summed E-state index contributed by atoms with van der Waals surface area (Å²) in [6, 6.07) is 20.5. The molecule has 0 spiro atoms. The summed E-state index contributed by atoms with van der Waals surface area (Å²) in [5, 5.41) is 4.68. The Hall–Kier alpha value is -2.23. The first-order valence-electron chi connectivity index (χ1n) is 7.60. The third-order valence-electron chi connectivity index (χ3n) is 4.50. The molecule has 2 heterocycles. The number of hydrogen-bond donors (Lipinski definition) is 1. The number of benzene rings is 2. The molecular weight excluding hydrogens is 343 g/mol. The van der Waals surface area contributed by atoms with Gasteiger partial charge in [-0.1, -0.05) is 53.5 Å². The summed E-state index contributed by atoms with van der Waals surface area (Å²) < 4.78 is 1.81. The van der Waals surface area contributed by atoms with E-state index in [1.165, 1.54) is 0 Å². The number of nitrogens with zero attached hydrogens (tertiary/aromatic N) is 1. The van der Waals surface area contributed by atoms with Crippen LogP contribution >= 0.6 is 23.2 Å². The SMILES string of the molecule is O=c1cccc2n1C(c1ccc(Cl)cc1)(c1ccc(Cl)cc1)CN2. The molecule has 1 N–H and O–H groups in total. The van der Waals surface area contributed by atoms with Gasteiger partial charge in [0.05, 0.1) is 0 Å². The maximum absolute atomic E-state index is 12.7. The number of fused-ring (bicyclic) bond motifs is 1. The largest absolute Gasteiger partial charge is 0.368 e. The average molecular weight is 357 g/mol. The number of pyridine rings is 1. The van der Waals surface area contributed by atoms with Crippen molar-refractivity contribution < 1.29 is 0 Å². The van der Waals surface area contributed by atoms with Crippen LogP contribution in [0.1, 0.15) is 11.1 Å². The molecule has 0 saturated carbocycles. The molecule has 1 aliphatic rings. The summed E-state index contributed by atoms with van der Waals surface area (Å²) in [6.07, 6.45) is 0. The van der Waals surface area contributed by atoms with Gasteiger partial charge in [-0.15, -0.1) is 0 Å². The molecule has 24 heavy (non-hydrogen) atoms. The molecule has 0 unspecified atom stereocenters. The summed E-state index contributed by atoms with van der Waals surface area (Å²) >= 11 is 12.1. The van der Waals surface area contributed by atoms with Crippen LogP contribution in [0.5, 0.6) is 0 Å². The van der Waals surface area contributed by atoms with E-state index in [4.69, 9.17) is 23.2 Å². The molecule has 0 fully saturated rings. The van der Waals surface area contributed by atoms with Crippen LogP contribution in [-0.4, -0.2) is 11.1 Å². The Balaban J connectivity index is 2.05. The fourth-order valence-corrected chi connectivity index (χ4v) is 3.65. The van der Waals surface area contributed by atoms with E-state index >= 15 is 0 Å². The zero-order chi connectivity index (χ0) is 16.7. The highest BCUT2D eigenvalue weighted by Gasteiger charge is 2.42. The van der Waals surface area contributed by atoms with Gasteiger partial charge in [0.1, 0.15) is 11.4 Å². The van der Waals surface area contributed by atoms with Gasteiger partial charge in [-0.25, -0.2) is 0 Å². The summed E-state index contributed by atoms with van der Waals surface area (Å²) in [5.74, 6) is 0.799. The van der Waals surface area contributed by atoms with Crippen LogP contribution < -0.4 is 10.9 Å². The van der Waals surface area contributed by atoms with Crippen LogP contribution in [0.15, 0.2) is 71.5 Å². The predicted octanol–water partition coefficient (Wildman–Crippen LogP) is 4.37. The molecule has 1 aromatic heterocycles. The molecule has 0 bridgehead atoms. The van der Waals surface area contributed by atoms with Crippen molar-refractivity contribution in [3.63, 3.8) is 0 Å². The van der Waals surface area contributed by atoms with Gasteiger partial charge in [0.2, 0.25) is 0 Å². The van der Waals surface area contributed by atoms with Crippen LogP contribution in [0.3, 0.4) is 0 Å². The highest BCUT2D eigenvalue weighted by atomic mass is 35.5. The second kappa shape index (κ2) is 5.69. The molecule has 2 aromatic carbocycles. The lowest BCUT2D eigenvalue weighted by atomic mass is 9.83. The summed E-state index contributed by atoms with van der Waals surface area (Å²) in [6.45, 7) is 0.579. The lowest BCUT2D eigenvalue weighted by molar-refractivity contribution is 0.484. The first-order valence-corrected chi connectivity index (χ1v) is 8.35. The first kappa shape index (κ1) is 15.3. The van der Waals surface area contributed by atoms with Gasteiger partial charge in [0.25, 0.3) is 5.56 Å². The van der Waals surface area contributed by atoms with Gasteiger partial charge in [0, 0.05) is 22.7 Å². The Bertz CT molecular complexity index is 901. The monoisotopic (exact) mass is 356 g/mol. The Morgan fingerprint density at radius 1 is 0.833 bits per heavy atom. The molecule has 0 radical (unpaired) electrons. The van der Waals surface area contributed by atoms with E-state index in [1.54, 1.807) is 16.7 Å². The minimum atomic E-state index is -0.636. The molecule has 0 amide bonds. The summed E-state index contributed by atoms with van der Waals surface area (Å²) in [5.41, 5.74) is 1.30. The predicted molar refractivity (Wildman–Crippen MR) is 98.3 cm³/mol. The van der Waals surface area contributed by atoms with Crippen molar-refractivity contribution in [2.45, 2.75) is 5.54 Å². The van der Waals surface area contributed by atoms with E-state index in [1.807, 2.05) is 54.6 Å². The minimum Gasteiger partial charge on any atom is -0.368 e. The second-order valence-corrected chi connectivity index (χ2v) is 6.69. The lowest BCUT2D eigenvalue weighted by Crippen LogP contribution is -2.42. The molecule has 0 aliphatic carbocycles. The Labute approximate surface area is 149 Å². The third kappa shape index (κ3) is 2.24. The van der Waals surface area contributed by atoms with Gasteiger partial charge in [0.15, 0.2) is 0 Å². The third-order valence-corrected chi connectivity index (χ3v) is 5.01. The normalized spacial score (nSPS) is 14.9. The number of nitrogens with one attached hydrogen (secondary N) is 1. The average Bonchev–Trinajstić information content (AvgIpc) is 2.98. The van der Waals surface area contributed by atoms with Crippen molar-refractivity contribution >= 4 is 29.0 Å². The van der Waals surface area contributed by atoms with Gasteiger partial charge >= 0.3 is 0 Å². The van der Waals surface area contributed by atoms with Crippen molar-refractivity contribution in [2.75, 3.05) is 11.9 Å². The van der Waals surface area contributed by atoms with Crippen LogP contribution in [-0.2, 0) is 5.54 Å². The number of hydrogen-bond acceptors (Lipinski definition) is 2. The molecular formula is C19H14Cl2N2O. The van der Waals surface area contributed by atoms with Crippen LogP contribution in [0.25, 0.3) is 0 Å². The fourth-order valence-electron chi connectivity index (χ4n) is 3.40. The summed E-state index contributed by atoms with van der Waals surface area (Å²) in [4.78, 5) is 12.7. The number of aromatic nitrogens is 1. The van der Waals surface area contributed by atoms with Crippen molar-refractivity contribution in [3.8, 4) is 0 Å². The lowest BCUT2D eigenvalue weighted by Gasteiger charge is -2.32. The van der Waals surface area contributed by atoms with Gasteiger partial charge in [-0.2, -0.15) is 0 Å². The van der Waals surface area contributed by atoms with Gasteiger partial charge in [-0.3, -0.25) is 9.36 Å². The standard InChI is InChI=1S/C19H14Cl2N2O/c20-15-8-4-13(5-9-15)19(14-6-10-16(21)11-7-14)12-22-17-2-1-3-18(24)23(17)19/h1-11,22H,12H2. The molecule has 4 rings (SSSR count). The van der Waals surface area contributed by atoms with E-state index < -0.39 is 5.54 Å². The van der Waals surface area contributed by atoms with E-state index in [2.05, 4.69) is 5.32 Å². The highest BCUT2D eigenvalue weighted by molar-refractivity contribution is 6.30. The summed E-state index contributed by atoms with van der Waals surface area (Å²) in [7, 11) is 0. The maximum Gasteiger partial charge on any atom is 0.253 e. The number of anilines is 1. The van der Waals surface area contributed by atoms with Crippen LogP contribution in [0, 0.1) is 0 Å². The van der Waals surface area contributed by atoms with E-state index in [0.717, 1.165) is 16.9 Å². The second-order valence-electron chi connectivity index (χ2n) is 5.81. The molecule has 120 valence electrons. The molecule has 3 nitrogen and oxygen atoms in total. The topological polar surface area (TPSA) is 34.0 Å². The first-order chi connectivity index (χ1) is 11.6. The Morgan fingerprint density at radius 2 is 1.38 bits per heavy atom. The smallest absolute Gasteiger partial charge is 0.253 e. The van der Waals surface area contributed by atoms with E-state index in [-0.39, 0.29) is 5.56 Å². The van der Waals surface area contributed by atoms with Crippen LogP contribution in [0.4, 0.5) is 5.82 Å². The zero-order valence-corrected chi connectivity index (χ0v) is 14.2. The minimum absolute atomic E-state index is 0.0533. The maximum atomic E-state index is 12.7. The Kier molecular flexibility index (Phi) is 3.63. The quantitative estimate of drug-likeness (QED) is 0.739. The molecule has 3 aromatic rings. The van der Waals surface area contributed by atoms with Crippen molar-refractivity contribution in [1.82, 2.24) is 4.57 Å². The molecule has 1 aliphatic heterocycles. The van der Waals surface area contributed by atoms with Crippen LogP contribution in [0.2, 0.25) is 10.0 Å². The highest BCUT2D eigenvalue weighted by Crippen LogP contribution is 2.40. The van der Waals surface area contributed by atoms with Gasteiger partial charge in [-0.05, 0) is 41.5 Å². The fraction of sp³-hybridized carbons (Fsp3) is 0.105. The van der Waals surface area contributed by atoms with Crippen molar-refractivity contribution in [3.05, 3.63) is 98.3 Å². The number of halogens is 2. The van der Waals surface area contributed by atoms with Crippen molar-refractivity contribution in [2.24, 2.45) is 0 Å². The van der Waals surface area contributed by atoms with Crippen molar-refractivity contribution in [1.29, 1.82) is 0 Å². The van der Waals surface area contributed by atoms with E-state index in [0.29, 0.717) is 16.6 Å². The Morgan fingerprint density at radius 3 is 1.92 bits per heavy atom.